The Morgan fingerprint density at radius 1 is 1.07 bits per heavy atom. The third-order valence-corrected chi connectivity index (χ3v) is 2.33. The van der Waals surface area contributed by atoms with E-state index in [1.54, 1.807) is 0 Å². The minimum atomic E-state index is -4.87. The largest absolute Gasteiger partial charge is 0.397 e. The van der Waals surface area contributed by atoms with Crippen molar-refractivity contribution < 1.29 is 22.0 Å². The van der Waals surface area contributed by atoms with Crippen LogP contribution in [-0.4, -0.2) is 18.6 Å². The summed E-state index contributed by atoms with van der Waals surface area (Å²) in [6.07, 6.45) is -4.99. The summed E-state index contributed by atoms with van der Waals surface area (Å²) in [7, 11) is 0. The van der Waals surface area contributed by atoms with Crippen molar-refractivity contribution in [3.05, 3.63) is 0 Å². The third-order valence-electron chi connectivity index (χ3n) is 2.33. The van der Waals surface area contributed by atoms with Gasteiger partial charge in [0.05, 0.1) is 0 Å². The SMILES string of the molecule is CC(CCN)C(F)(F)C(C)C(F)(F)F. The Morgan fingerprint density at radius 3 is 1.79 bits per heavy atom. The van der Waals surface area contributed by atoms with Crippen molar-refractivity contribution in [3.8, 4) is 0 Å². The molecule has 0 amide bonds. The van der Waals surface area contributed by atoms with Crippen molar-refractivity contribution in [1.82, 2.24) is 0 Å². The van der Waals surface area contributed by atoms with Crippen LogP contribution in [0.3, 0.4) is 0 Å². The predicted octanol–water partition coefficient (Wildman–Crippen LogP) is 2.81. The van der Waals surface area contributed by atoms with Crippen LogP contribution in [0, 0.1) is 11.8 Å². The zero-order chi connectivity index (χ0) is 11.6. The van der Waals surface area contributed by atoms with Gasteiger partial charge in [0.2, 0.25) is 0 Å². The average Bonchev–Trinajstić information content (AvgIpc) is 2.01. The molecule has 0 aliphatic rings. The smallest absolute Gasteiger partial charge is 0.330 e. The van der Waals surface area contributed by atoms with E-state index in [0.717, 1.165) is 6.92 Å². The minimum absolute atomic E-state index is 0.0403. The maximum atomic E-state index is 13.1. The summed E-state index contributed by atoms with van der Waals surface area (Å²) in [6, 6.07) is 0. The molecule has 0 aliphatic carbocycles. The molecule has 0 bridgehead atoms. The van der Waals surface area contributed by atoms with Crippen molar-refractivity contribution in [2.45, 2.75) is 32.4 Å². The Balaban J connectivity index is 4.59. The standard InChI is InChI=1S/C8H14F5N/c1-5(3-4-14)7(9,10)6(2)8(11,12)13/h5-6H,3-4,14H2,1-2H3. The molecule has 0 saturated heterocycles. The quantitative estimate of drug-likeness (QED) is 0.723. The zero-order valence-corrected chi connectivity index (χ0v) is 8.04. The fourth-order valence-electron chi connectivity index (χ4n) is 1.09. The van der Waals surface area contributed by atoms with Gasteiger partial charge in [-0.05, 0) is 19.9 Å². The van der Waals surface area contributed by atoms with Gasteiger partial charge in [-0.2, -0.15) is 13.2 Å². The van der Waals surface area contributed by atoms with Crippen molar-refractivity contribution in [2.75, 3.05) is 6.54 Å². The topological polar surface area (TPSA) is 26.0 Å². The van der Waals surface area contributed by atoms with Crippen LogP contribution in [0.5, 0.6) is 0 Å². The number of halogens is 5. The average molecular weight is 219 g/mol. The van der Waals surface area contributed by atoms with Crippen molar-refractivity contribution in [1.29, 1.82) is 0 Å². The zero-order valence-electron chi connectivity index (χ0n) is 8.04. The van der Waals surface area contributed by atoms with Gasteiger partial charge >= 0.3 is 6.18 Å². The van der Waals surface area contributed by atoms with Crippen LogP contribution in [0.1, 0.15) is 20.3 Å². The van der Waals surface area contributed by atoms with Crippen molar-refractivity contribution in [3.63, 3.8) is 0 Å². The van der Waals surface area contributed by atoms with E-state index in [1.807, 2.05) is 0 Å². The summed E-state index contributed by atoms with van der Waals surface area (Å²) < 4.78 is 62.3. The molecule has 0 rings (SSSR count). The number of rotatable bonds is 4. The lowest BCUT2D eigenvalue weighted by molar-refractivity contribution is -0.247. The van der Waals surface area contributed by atoms with E-state index in [9.17, 15) is 22.0 Å². The van der Waals surface area contributed by atoms with E-state index in [2.05, 4.69) is 0 Å². The van der Waals surface area contributed by atoms with Gasteiger partial charge in [0.1, 0.15) is 5.92 Å². The van der Waals surface area contributed by atoms with Gasteiger partial charge in [-0.25, -0.2) is 8.78 Å². The molecule has 2 unspecified atom stereocenters. The first-order chi connectivity index (χ1) is 6.14. The molecule has 0 aromatic heterocycles. The molecule has 0 aromatic rings. The predicted molar refractivity (Wildman–Crippen MR) is 43.0 cm³/mol. The minimum Gasteiger partial charge on any atom is -0.330 e. The summed E-state index contributed by atoms with van der Waals surface area (Å²) in [5, 5.41) is 0. The van der Waals surface area contributed by atoms with Crippen LogP contribution in [0.25, 0.3) is 0 Å². The molecule has 6 heteroatoms. The third kappa shape index (κ3) is 3.08. The molecular weight excluding hydrogens is 205 g/mol. The van der Waals surface area contributed by atoms with Gasteiger partial charge in [0.15, 0.2) is 0 Å². The van der Waals surface area contributed by atoms with Crippen LogP contribution in [0.2, 0.25) is 0 Å². The highest BCUT2D eigenvalue weighted by Gasteiger charge is 2.54. The van der Waals surface area contributed by atoms with Crippen LogP contribution in [-0.2, 0) is 0 Å². The normalized spacial score (nSPS) is 18.0. The Bertz CT molecular complexity index is 177. The first-order valence-corrected chi connectivity index (χ1v) is 4.28. The molecule has 0 fully saturated rings. The first-order valence-electron chi connectivity index (χ1n) is 4.28. The van der Waals surface area contributed by atoms with E-state index in [0.29, 0.717) is 6.92 Å². The van der Waals surface area contributed by atoms with E-state index >= 15 is 0 Å². The maximum absolute atomic E-state index is 13.1. The fourth-order valence-corrected chi connectivity index (χ4v) is 1.09. The van der Waals surface area contributed by atoms with Crippen LogP contribution in [0.4, 0.5) is 22.0 Å². The monoisotopic (exact) mass is 219 g/mol. The lowest BCUT2D eigenvalue weighted by atomic mass is 9.89. The van der Waals surface area contributed by atoms with Crippen LogP contribution < -0.4 is 5.73 Å². The molecule has 1 nitrogen and oxygen atoms in total. The Kier molecular flexibility index (Phi) is 4.30. The second-order valence-corrected chi connectivity index (χ2v) is 3.42. The highest BCUT2D eigenvalue weighted by molar-refractivity contribution is 4.83. The molecule has 0 radical (unpaired) electrons. The highest BCUT2D eigenvalue weighted by Crippen LogP contribution is 2.42. The summed E-state index contributed by atoms with van der Waals surface area (Å²) in [6.45, 7) is 1.53. The molecule has 0 heterocycles. The number of alkyl halides is 5. The van der Waals surface area contributed by atoms with Gasteiger partial charge in [-0.1, -0.05) is 6.92 Å². The maximum Gasteiger partial charge on any atom is 0.397 e. The van der Waals surface area contributed by atoms with Crippen molar-refractivity contribution >= 4 is 0 Å². The molecule has 0 aromatic carbocycles. The Morgan fingerprint density at radius 2 is 1.50 bits per heavy atom. The summed E-state index contributed by atoms with van der Waals surface area (Å²) in [5.74, 6) is -7.74. The van der Waals surface area contributed by atoms with E-state index in [4.69, 9.17) is 5.73 Å². The Labute approximate surface area is 79.5 Å². The molecule has 14 heavy (non-hydrogen) atoms. The second kappa shape index (κ2) is 4.42. The molecule has 0 aliphatic heterocycles. The van der Waals surface area contributed by atoms with Gasteiger partial charge in [0, 0.05) is 5.92 Å². The van der Waals surface area contributed by atoms with Crippen LogP contribution in [0.15, 0.2) is 0 Å². The lowest BCUT2D eigenvalue weighted by Gasteiger charge is -2.30. The summed E-state index contributed by atoms with van der Waals surface area (Å²) in [5.41, 5.74) is 5.02. The summed E-state index contributed by atoms with van der Waals surface area (Å²) >= 11 is 0. The van der Waals surface area contributed by atoms with Gasteiger partial charge < -0.3 is 5.73 Å². The van der Waals surface area contributed by atoms with E-state index in [1.165, 1.54) is 0 Å². The number of nitrogens with two attached hydrogens (primary N) is 1. The molecule has 2 atom stereocenters. The number of hydrogen-bond acceptors (Lipinski definition) is 1. The van der Waals surface area contributed by atoms with Crippen LogP contribution >= 0.6 is 0 Å². The van der Waals surface area contributed by atoms with Gasteiger partial charge in [-0.15, -0.1) is 0 Å². The van der Waals surface area contributed by atoms with Gasteiger partial charge in [0.25, 0.3) is 5.92 Å². The van der Waals surface area contributed by atoms with Crippen molar-refractivity contribution in [2.24, 2.45) is 17.6 Å². The van der Waals surface area contributed by atoms with Gasteiger partial charge in [-0.3, -0.25) is 0 Å². The molecule has 0 saturated carbocycles. The Hall–Kier alpha value is -0.390. The molecule has 0 spiro atoms. The van der Waals surface area contributed by atoms with E-state index < -0.39 is 23.9 Å². The summed E-state index contributed by atoms with van der Waals surface area (Å²) in [4.78, 5) is 0. The first kappa shape index (κ1) is 13.6. The number of hydrogen-bond donors (Lipinski definition) is 1. The molecule has 2 N–H and O–H groups in total. The molecular formula is C8H14F5N. The lowest BCUT2D eigenvalue weighted by Crippen LogP contribution is -2.42. The fraction of sp³-hybridized carbons (Fsp3) is 1.00. The second-order valence-electron chi connectivity index (χ2n) is 3.42. The highest BCUT2D eigenvalue weighted by atomic mass is 19.4. The molecule has 86 valence electrons. The van der Waals surface area contributed by atoms with E-state index in [-0.39, 0.29) is 13.0 Å².